The quantitative estimate of drug-likeness (QED) is 0.621. The second kappa shape index (κ2) is 8.89. The molecule has 146 valence electrons. The summed E-state index contributed by atoms with van der Waals surface area (Å²) in [4.78, 5) is 16.8. The van der Waals surface area contributed by atoms with Crippen LogP contribution >= 0.6 is 11.6 Å². The van der Waals surface area contributed by atoms with Crippen LogP contribution in [0.2, 0.25) is 5.02 Å². The van der Waals surface area contributed by atoms with Crippen LogP contribution in [0.15, 0.2) is 53.1 Å². The van der Waals surface area contributed by atoms with Crippen LogP contribution in [-0.2, 0) is 6.61 Å². The fourth-order valence-corrected chi connectivity index (χ4v) is 2.75. The topological polar surface area (TPSA) is 77.2 Å². The van der Waals surface area contributed by atoms with Crippen molar-refractivity contribution in [2.45, 2.75) is 33.4 Å². The molecule has 28 heavy (non-hydrogen) atoms. The molecule has 0 radical (unpaired) electrons. The fraction of sp³-hybridized carbons (Fsp3) is 0.286. The zero-order chi connectivity index (χ0) is 20.1. The van der Waals surface area contributed by atoms with Gasteiger partial charge in [-0.1, -0.05) is 42.7 Å². The van der Waals surface area contributed by atoms with E-state index in [1.54, 1.807) is 31.2 Å². The largest absolute Gasteiger partial charge is 0.489 e. The van der Waals surface area contributed by atoms with E-state index in [2.05, 4.69) is 15.5 Å². The summed E-state index contributed by atoms with van der Waals surface area (Å²) in [5.41, 5.74) is 1.54. The van der Waals surface area contributed by atoms with E-state index in [0.29, 0.717) is 34.7 Å². The normalized spacial score (nSPS) is 12.0. The Balaban J connectivity index is 1.61. The summed E-state index contributed by atoms with van der Waals surface area (Å²) < 4.78 is 11.0. The van der Waals surface area contributed by atoms with Crippen LogP contribution in [0.25, 0.3) is 0 Å². The Morgan fingerprint density at radius 2 is 1.82 bits per heavy atom. The molecule has 0 saturated heterocycles. The van der Waals surface area contributed by atoms with Gasteiger partial charge in [-0.25, -0.2) is 0 Å². The third kappa shape index (κ3) is 5.10. The van der Waals surface area contributed by atoms with Crippen molar-refractivity contribution >= 4 is 17.5 Å². The van der Waals surface area contributed by atoms with Gasteiger partial charge in [-0.3, -0.25) is 4.79 Å². The molecule has 0 aliphatic rings. The van der Waals surface area contributed by atoms with Crippen LogP contribution in [0.4, 0.5) is 0 Å². The molecule has 7 heteroatoms. The average molecular weight is 400 g/mol. The van der Waals surface area contributed by atoms with E-state index < -0.39 is 0 Å². The summed E-state index contributed by atoms with van der Waals surface area (Å²) >= 11 is 5.88. The third-order valence-electron chi connectivity index (χ3n) is 4.20. The number of hydrogen-bond acceptors (Lipinski definition) is 5. The van der Waals surface area contributed by atoms with E-state index in [0.717, 1.165) is 5.56 Å². The van der Waals surface area contributed by atoms with Gasteiger partial charge in [0.1, 0.15) is 18.4 Å². The van der Waals surface area contributed by atoms with Gasteiger partial charge in [-0.2, -0.15) is 4.98 Å². The smallest absolute Gasteiger partial charge is 0.251 e. The highest BCUT2D eigenvalue weighted by atomic mass is 35.5. The average Bonchev–Trinajstić information content (AvgIpc) is 3.11. The molecule has 0 saturated carbocycles. The number of aryl methyl sites for hydroxylation is 1. The number of aromatic nitrogens is 2. The predicted octanol–water partition coefficient (Wildman–Crippen LogP) is 4.74. The maximum atomic E-state index is 12.6. The van der Waals surface area contributed by atoms with Crippen molar-refractivity contribution < 1.29 is 14.1 Å². The lowest BCUT2D eigenvalue weighted by Gasteiger charge is -2.18. The monoisotopic (exact) mass is 399 g/mol. The van der Waals surface area contributed by atoms with Gasteiger partial charge in [0.15, 0.2) is 5.82 Å². The molecule has 1 atom stereocenters. The molecule has 1 aromatic heterocycles. The number of hydrogen-bond donors (Lipinski definition) is 1. The van der Waals surface area contributed by atoms with E-state index in [-0.39, 0.29) is 17.9 Å². The van der Waals surface area contributed by atoms with Gasteiger partial charge in [-0.05, 0) is 54.8 Å². The highest BCUT2D eigenvalue weighted by Crippen LogP contribution is 2.21. The first-order valence-electron chi connectivity index (χ1n) is 9.01. The van der Waals surface area contributed by atoms with E-state index in [9.17, 15) is 4.79 Å². The molecule has 0 aliphatic carbocycles. The molecule has 0 spiro atoms. The first-order chi connectivity index (χ1) is 13.4. The highest BCUT2D eigenvalue weighted by molar-refractivity contribution is 6.30. The van der Waals surface area contributed by atoms with Crippen molar-refractivity contribution in [2.75, 3.05) is 0 Å². The minimum Gasteiger partial charge on any atom is -0.489 e. The minimum absolute atomic E-state index is 0.103. The maximum Gasteiger partial charge on any atom is 0.251 e. The number of rotatable bonds is 7. The summed E-state index contributed by atoms with van der Waals surface area (Å²) in [6.07, 6.45) is 0. The number of carbonyl (C=O) groups is 1. The lowest BCUT2D eigenvalue weighted by Crippen LogP contribution is -2.32. The number of amides is 1. The van der Waals surface area contributed by atoms with Gasteiger partial charge in [0.25, 0.3) is 5.91 Å². The second-order valence-electron chi connectivity index (χ2n) is 6.81. The maximum absolute atomic E-state index is 12.6. The molecule has 1 amide bonds. The predicted molar refractivity (Wildman–Crippen MR) is 106 cm³/mol. The van der Waals surface area contributed by atoms with Crippen molar-refractivity contribution in [1.29, 1.82) is 0 Å². The molecule has 2 aromatic carbocycles. The first-order valence-corrected chi connectivity index (χ1v) is 9.38. The number of nitrogens with one attached hydrogen (secondary N) is 1. The lowest BCUT2D eigenvalue weighted by atomic mass is 10.0. The standard InChI is InChI=1S/C21H22ClN3O3/c1-13(2)19(21-23-14(3)25-28-21)24-20(26)16-6-10-18(11-7-16)27-12-15-4-8-17(22)9-5-15/h4-11,13,19H,12H2,1-3H3,(H,24,26)/t19-/m1/s1. The van der Waals surface area contributed by atoms with Gasteiger partial charge in [0, 0.05) is 10.6 Å². The molecule has 1 heterocycles. The molecule has 0 bridgehead atoms. The van der Waals surface area contributed by atoms with Crippen molar-refractivity contribution in [3.05, 3.63) is 76.4 Å². The molecule has 0 aliphatic heterocycles. The number of carbonyl (C=O) groups excluding carboxylic acids is 1. The zero-order valence-electron chi connectivity index (χ0n) is 16.0. The van der Waals surface area contributed by atoms with E-state index in [1.165, 1.54) is 0 Å². The molecular weight excluding hydrogens is 378 g/mol. The summed E-state index contributed by atoms with van der Waals surface area (Å²) in [5, 5.41) is 7.45. The number of ether oxygens (including phenoxy) is 1. The summed E-state index contributed by atoms with van der Waals surface area (Å²) in [7, 11) is 0. The van der Waals surface area contributed by atoms with Crippen molar-refractivity contribution in [3.8, 4) is 5.75 Å². The van der Waals surface area contributed by atoms with Crippen LogP contribution in [0.5, 0.6) is 5.75 Å². The van der Waals surface area contributed by atoms with Crippen molar-refractivity contribution in [3.63, 3.8) is 0 Å². The molecule has 0 fully saturated rings. The number of benzene rings is 2. The molecule has 1 N–H and O–H groups in total. The van der Waals surface area contributed by atoms with Crippen LogP contribution in [0.3, 0.4) is 0 Å². The highest BCUT2D eigenvalue weighted by Gasteiger charge is 2.24. The van der Waals surface area contributed by atoms with Gasteiger partial charge < -0.3 is 14.6 Å². The molecule has 0 unspecified atom stereocenters. The first kappa shape index (κ1) is 19.9. The van der Waals surface area contributed by atoms with Crippen LogP contribution in [0.1, 0.15) is 47.5 Å². The Bertz CT molecular complexity index is 921. The Morgan fingerprint density at radius 1 is 1.14 bits per heavy atom. The molecular formula is C21H22ClN3O3. The van der Waals surface area contributed by atoms with Gasteiger partial charge in [0.2, 0.25) is 5.89 Å². The molecule has 6 nitrogen and oxygen atoms in total. The SMILES string of the molecule is Cc1noc([C@H](NC(=O)c2ccc(OCc3ccc(Cl)cc3)cc2)C(C)C)n1. The Morgan fingerprint density at radius 3 is 2.39 bits per heavy atom. The van der Waals surface area contributed by atoms with Crippen LogP contribution < -0.4 is 10.1 Å². The fourth-order valence-electron chi connectivity index (χ4n) is 2.63. The van der Waals surface area contributed by atoms with Crippen LogP contribution in [-0.4, -0.2) is 16.0 Å². The Labute approximate surface area is 168 Å². The van der Waals surface area contributed by atoms with Gasteiger partial charge in [0.05, 0.1) is 0 Å². The Kier molecular flexibility index (Phi) is 6.31. The number of halogens is 1. The van der Waals surface area contributed by atoms with Gasteiger partial charge in [-0.15, -0.1) is 0 Å². The van der Waals surface area contributed by atoms with E-state index in [1.807, 2.05) is 38.1 Å². The minimum atomic E-state index is -0.352. The zero-order valence-corrected chi connectivity index (χ0v) is 16.7. The van der Waals surface area contributed by atoms with Crippen LogP contribution in [0, 0.1) is 12.8 Å². The van der Waals surface area contributed by atoms with E-state index >= 15 is 0 Å². The second-order valence-corrected chi connectivity index (χ2v) is 7.25. The summed E-state index contributed by atoms with van der Waals surface area (Å²) in [6.45, 7) is 6.14. The van der Waals surface area contributed by atoms with E-state index in [4.69, 9.17) is 20.9 Å². The summed E-state index contributed by atoms with van der Waals surface area (Å²) in [5.74, 6) is 1.52. The Hall–Kier alpha value is -2.86. The van der Waals surface area contributed by atoms with Crippen molar-refractivity contribution in [2.24, 2.45) is 5.92 Å². The number of nitrogens with zero attached hydrogens (tertiary/aromatic N) is 2. The molecule has 3 aromatic rings. The van der Waals surface area contributed by atoms with Crippen molar-refractivity contribution in [1.82, 2.24) is 15.5 Å². The third-order valence-corrected chi connectivity index (χ3v) is 4.45. The summed E-state index contributed by atoms with van der Waals surface area (Å²) in [6, 6.07) is 14.1. The lowest BCUT2D eigenvalue weighted by molar-refractivity contribution is 0.0914. The van der Waals surface area contributed by atoms with Gasteiger partial charge >= 0.3 is 0 Å². The molecule has 3 rings (SSSR count).